The molecule has 8 nitrogen and oxygen atoms in total. The van der Waals surface area contributed by atoms with Crippen LogP contribution in [0.5, 0.6) is 11.5 Å². The fraction of sp³-hybridized carbons (Fsp3) is 0.316. The van der Waals surface area contributed by atoms with Gasteiger partial charge in [0.25, 0.3) is 0 Å². The molecular weight excluding hydrogens is 346 g/mol. The number of carbonyl (C=O) groups is 1. The van der Waals surface area contributed by atoms with Crippen LogP contribution in [0, 0.1) is 0 Å². The highest BCUT2D eigenvalue weighted by Gasteiger charge is 2.15. The molecule has 0 fully saturated rings. The first kappa shape index (κ1) is 18.5. The summed E-state index contributed by atoms with van der Waals surface area (Å²) in [6, 6.07) is 10.8. The van der Waals surface area contributed by atoms with E-state index in [0.717, 1.165) is 11.2 Å². The van der Waals surface area contributed by atoms with Crippen molar-refractivity contribution < 1.29 is 14.3 Å². The van der Waals surface area contributed by atoms with E-state index in [1.165, 1.54) is 0 Å². The molecule has 2 heterocycles. The molecule has 3 rings (SSSR count). The summed E-state index contributed by atoms with van der Waals surface area (Å²) in [6.07, 6.45) is 2.55. The first-order valence-electron chi connectivity index (χ1n) is 8.67. The van der Waals surface area contributed by atoms with Crippen LogP contribution in [0.15, 0.2) is 42.6 Å². The predicted molar refractivity (Wildman–Crippen MR) is 101 cm³/mol. The molecule has 2 aromatic heterocycles. The third-order valence-electron chi connectivity index (χ3n) is 4.22. The predicted octanol–water partition coefficient (Wildman–Crippen LogP) is 2.35. The molecule has 8 heteroatoms. The lowest BCUT2D eigenvalue weighted by atomic mass is 10.1. The lowest BCUT2D eigenvalue weighted by molar-refractivity contribution is 0.237. The van der Waals surface area contributed by atoms with Gasteiger partial charge in [0.2, 0.25) is 0 Å². The summed E-state index contributed by atoms with van der Waals surface area (Å²) in [4.78, 5) is 12.2. The second kappa shape index (κ2) is 8.39. The van der Waals surface area contributed by atoms with Gasteiger partial charge in [0.15, 0.2) is 23.0 Å². The van der Waals surface area contributed by atoms with Crippen molar-refractivity contribution in [3.05, 3.63) is 54.0 Å². The van der Waals surface area contributed by atoms with Gasteiger partial charge in [0.1, 0.15) is 0 Å². The Labute approximate surface area is 157 Å². The van der Waals surface area contributed by atoms with Crippen molar-refractivity contribution in [2.75, 3.05) is 20.8 Å². The Morgan fingerprint density at radius 2 is 1.96 bits per heavy atom. The van der Waals surface area contributed by atoms with Crippen LogP contribution < -0.4 is 20.1 Å². The highest BCUT2D eigenvalue weighted by Crippen LogP contribution is 2.27. The van der Waals surface area contributed by atoms with Crippen LogP contribution >= 0.6 is 0 Å². The summed E-state index contributed by atoms with van der Waals surface area (Å²) in [5.74, 6) is 2.04. The number of benzene rings is 1. The number of aromatic nitrogens is 3. The van der Waals surface area contributed by atoms with Crippen molar-refractivity contribution in [3.8, 4) is 11.5 Å². The van der Waals surface area contributed by atoms with Gasteiger partial charge >= 0.3 is 6.03 Å². The number of nitrogens with zero attached hydrogens (tertiary/aromatic N) is 3. The smallest absolute Gasteiger partial charge is 0.315 e. The maximum absolute atomic E-state index is 12.2. The number of pyridine rings is 1. The molecule has 0 saturated heterocycles. The molecule has 0 aliphatic rings. The molecule has 0 radical (unpaired) electrons. The van der Waals surface area contributed by atoms with E-state index in [1.807, 2.05) is 53.9 Å². The molecule has 2 amide bonds. The second-order valence-electron chi connectivity index (χ2n) is 6.05. The average molecular weight is 369 g/mol. The summed E-state index contributed by atoms with van der Waals surface area (Å²) in [7, 11) is 3.20. The van der Waals surface area contributed by atoms with Crippen LogP contribution in [0.4, 0.5) is 4.79 Å². The number of hydrogen-bond acceptors (Lipinski definition) is 5. The number of nitrogens with one attached hydrogen (secondary N) is 2. The number of ether oxygens (including phenoxy) is 2. The average Bonchev–Trinajstić information content (AvgIpc) is 3.12. The van der Waals surface area contributed by atoms with Crippen molar-refractivity contribution in [2.24, 2.45) is 0 Å². The number of urea groups is 1. The summed E-state index contributed by atoms with van der Waals surface area (Å²) in [5, 5.41) is 14.0. The molecule has 1 atom stereocenters. The molecule has 0 unspecified atom stereocenters. The number of amides is 2. The van der Waals surface area contributed by atoms with Crippen molar-refractivity contribution in [2.45, 2.75) is 19.4 Å². The lowest BCUT2D eigenvalue weighted by Crippen LogP contribution is -2.38. The zero-order valence-corrected chi connectivity index (χ0v) is 15.6. The molecule has 2 N–H and O–H groups in total. The molecule has 27 heavy (non-hydrogen) atoms. The van der Waals surface area contributed by atoms with Gasteiger partial charge in [0, 0.05) is 12.7 Å². The lowest BCUT2D eigenvalue weighted by Gasteiger charge is -2.14. The van der Waals surface area contributed by atoms with E-state index in [4.69, 9.17) is 9.47 Å². The Kier molecular flexibility index (Phi) is 5.75. The SMILES string of the molecule is COc1ccc(CCNC(=O)N[C@H](C)c2nnc3ccccn23)cc1OC. The normalized spacial score (nSPS) is 11.8. The maximum Gasteiger partial charge on any atom is 0.315 e. The number of methoxy groups -OCH3 is 2. The van der Waals surface area contributed by atoms with E-state index in [-0.39, 0.29) is 12.1 Å². The first-order chi connectivity index (χ1) is 13.1. The minimum Gasteiger partial charge on any atom is -0.493 e. The number of carbonyl (C=O) groups excluding carboxylic acids is 1. The van der Waals surface area contributed by atoms with Gasteiger partial charge in [0.05, 0.1) is 20.3 Å². The van der Waals surface area contributed by atoms with Crippen LogP contribution in [-0.4, -0.2) is 41.4 Å². The summed E-state index contributed by atoms with van der Waals surface area (Å²) in [5.41, 5.74) is 1.79. The van der Waals surface area contributed by atoms with Crippen LogP contribution in [0.3, 0.4) is 0 Å². The molecule has 0 spiro atoms. The van der Waals surface area contributed by atoms with E-state index in [0.29, 0.717) is 30.3 Å². The molecule has 0 saturated carbocycles. The van der Waals surface area contributed by atoms with Crippen molar-refractivity contribution in [1.29, 1.82) is 0 Å². The Bertz CT molecular complexity index is 925. The van der Waals surface area contributed by atoms with E-state index >= 15 is 0 Å². The molecule has 142 valence electrons. The summed E-state index contributed by atoms with van der Waals surface area (Å²) in [6.45, 7) is 2.37. The standard InChI is InChI=1S/C19H23N5O3/c1-13(18-23-22-17-6-4-5-11-24(17)18)21-19(25)20-10-9-14-7-8-15(26-2)16(12-14)27-3/h4-8,11-13H,9-10H2,1-3H3,(H2,20,21,25)/t13-/m1/s1. The Hall–Kier alpha value is -3.29. The Morgan fingerprint density at radius 3 is 2.74 bits per heavy atom. The van der Waals surface area contributed by atoms with Gasteiger partial charge < -0.3 is 20.1 Å². The van der Waals surface area contributed by atoms with Crippen molar-refractivity contribution in [3.63, 3.8) is 0 Å². The number of rotatable bonds is 7. The van der Waals surface area contributed by atoms with Crippen molar-refractivity contribution in [1.82, 2.24) is 25.2 Å². The van der Waals surface area contributed by atoms with E-state index < -0.39 is 0 Å². The monoisotopic (exact) mass is 369 g/mol. The third-order valence-corrected chi connectivity index (χ3v) is 4.22. The van der Waals surface area contributed by atoms with E-state index in [1.54, 1.807) is 14.2 Å². The van der Waals surface area contributed by atoms with Crippen LogP contribution in [-0.2, 0) is 6.42 Å². The quantitative estimate of drug-likeness (QED) is 0.667. The summed E-state index contributed by atoms with van der Waals surface area (Å²) >= 11 is 0. The van der Waals surface area contributed by atoms with Crippen LogP contribution in [0.25, 0.3) is 5.65 Å². The first-order valence-corrected chi connectivity index (χ1v) is 8.67. The topological polar surface area (TPSA) is 89.8 Å². The Morgan fingerprint density at radius 1 is 1.15 bits per heavy atom. The molecule has 0 aliphatic carbocycles. The van der Waals surface area contributed by atoms with Crippen LogP contribution in [0.2, 0.25) is 0 Å². The zero-order valence-electron chi connectivity index (χ0n) is 15.6. The fourth-order valence-corrected chi connectivity index (χ4v) is 2.82. The minimum absolute atomic E-state index is 0.254. The molecule has 0 aliphatic heterocycles. The summed E-state index contributed by atoms with van der Waals surface area (Å²) < 4.78 is 12.4. The van der Waals surface area contributed by atoms with Gasteiger partial charge in [-0.1, -0.05) is 12.1 Å². The van der Waals surface area contributed by atoms with Gasteiger partial charge in [-0.3, -0.25) is 4.40 Å². The third kappa shape index (κ3) is 4.28. The van der Waals surface area contributed by atoms with E-state index in [2.05, 4.69) is 20.8 Å². The molecular formula is C19H23N5O3. The highest BCUT2D eigenvalue weighted by molar-refractivity contribution is 5.74. The zero-order chi connectivity index (χ0) is 19.2. The van der Waals surface area contributed by atoms with E-state index in [9.17, 15) is 4.79 Å². The molecule has 0 bridgehead atoms. The van der Waals surface area contributed by atoms with Crippen LogP contribution in [0.1, 0.15) is 24.4 Å². The van der Waals surface area contributed by atoms with Gasteiger partial charge in [-0.05, 0) is 43.2 Å². The number of hydrogen-bond donors (Lipinski definition) is 2. The minimum atomic E-state index is -0.275. The fourth-order valence-electron chi connectivity index (χ4n) is 2.82. The highest BCUT2D eigenvalue weighted by atomic mass is 16.5. The Balaban J connectivity index is 1.52. The largest absolute Gasteiger partial charge is 0.493 e. The molecule has 3 aromatic rings. The second-order valence-corrected chi connectivity index (χ2v) is 6.05. The molecule has 1 aromatic carbocycles. The van der Waals surface area contributed by atoms with Gasteiger partial charge in [-0.2, -0.15) is 0 Å². The number of fused-ring (bicyclic) bond motifs is 1. The maximum atomic E-state index is 12.2. The van der Waals surface area contributed by atoms with Gasteiger partial charge in [-0.15, -0.1) is 10.2 Å². The van der Waals surface area contributed by atoms with Crippen molar-refractivity contribution >= 4 is 11.7 Å². The van der Waals surface area contributed by atoms with Gasteiger partial charge in [-0.25, -0.2) is 4.79 Å².